The van der Waals surface area contributed by atoms with E-state index >= 15 is 0 Å². The summed E-state index contributed by atoms with van der Waals surface area (Å²) in [6.45, 7) is 4.23. The Morgan fingerprint density at radius 1 is 0.688 bits per heavy atom. The molecule has 0 aliphatic carbocycles. The monoisotopic (exact) mass is 421 g/mol. The fourth-order valence-electron chi connectivity index (χ4n) is 5.12. The van der Waals surface area contributed by atoms with E-state index in [1.165, 1.54) is 0 Å². The zero-order valence-electron chi connectivity index (χ0n) is 17.9. The molecule has 4 N–H and O–H groups in total. The molecule has 158 valence electrons. The summed E-state index contributed by atoms with van der Waals surface area (Å²) in [6, 6.07) is 25.4. The molecule has 5 heteroatoms. The maximum atomic E-state index is 10.3. The van der Waals surface area contributed by atoms with Gasteiger partial charge in [-0.05, 0) is 71.8 Å². The first-order valence-electron chi connectivity index (χ1n) is 10.6. The molecule has 0 atom stereocenters. The number of aromatic hydroxyl groups is 2. The molecule has 2 heterocycles. The number of nitrogen functional groups attached to an aromatic ring is 1. The van der Waals surface area contributed by atoms with Crippen LogP contribution in [0.2, 0.25) is 0 Å². The Morgan fingerprint density at radius 3 is 1.94 bits per heavy atom. The predicted molar refractivity (Wildman–Crippen MR) is 130 cm³/mol. The molecule has 6 rings (SSSR count). The van der Waals surface area contributed by atoms with E-state index in [-0.39, 0.29) is 11.5 Å². The fraction of sp³-hybridized carbons (Fsp3) is 0.111. The average molecular weight is 422 g/mol. The van der Waals surface area contributed by atoms with Crippen molar-refractivity contribution in [2.75, 3.05) is 10.7 Å². The first kappa shape index (κ1) is 18.6. The molecular weight excluding hydrogens is 398 g/mol. The van der Waals surface area contributed by atoms with Gasteiger partial charge in [-0.25, -0.2) is 0 Å². The van der Waals surface area contributed by atoms with Gasteiger partial charge in [0.15, 0.2) is 0 Å². The maximum absolute atomic E-state index is 10.3. The van der Waals surface area contributed by atoms with Crippen LogP contribution in [-0.4, -0.2) is 14.9 Å². The normalized spacial score (nSPS) is 14.5. The summed E-state index contributed by atoms with van der Waals surface area (Å²) in [4.78, 5) is 2.19. The highest BCUT2D eigenvalue weighted by molar-refractivity contribution is 6.09. The number of aromatic nitrogens is 1. The quantitative estimate of drug-likeness (QED) is 0.289. The summed E-state index contributed by atoms with van der Waals surface area (Å²) < 4.78 is 1.73. The van der Waals surface area contributed by atoms with Crippen LogP contribution in [0.4, 0.5) is 17.1 Å². The largest absolute Gasteiger partial charge is 0.508 e. The molecule has 1 aromatic heterocycles. The third-order valence-electron chi connectivity index (χ3n) is 6.74. The van der Waals surface area contributed by atoms with Gasteiger partial charge >= 0.3 is 0 Å². The zero-order valence-corrected chi connectivity index (χ0v) is 17.9. The Labute approximate surface area is 185 Å². The van der Waals surface area contributed by atoms with Gasteiger partial charge in [-0.15, -0.1) is 0 Å². The Morgan fingerprint density at radius 2 is 1.28 bits per heavy atom. The van der Waals surface area contributed by atoms with E-state index in [1.54, 1.807) is 16.8 Å². The summed E-state index contributed by atoms with van der Waals surface area (Å²) in [5.41, 5.74) is 6.54. The van der Waals surface area contributed by atoms with Crippen molar-refractivity contribution in [2.45, 2.75) is 19.3 Å². The van der Waals surface area contributed by atoms with Crippen molar-refractivity contribution in [1.82, 2.24) is 4.68 Å². The lowest BCUT2D eigenvalue weighted by atomic mass is 9.73. The molecular formula is C27H23N3O2. The highest BCUT2D eigenvalue weighted by atomic mass is 16.3. The Kier molecular flexibility index (Phi) is 3.61. The third kappa shape index (κ3) is 2.39. The summed E-state index contributed by atoms with van der Waals surface area (Å²) in [6.07, 6.45) is 0. The number of para-hydroxylation sites is 1. The first-order chi connectivity index (χ1) is 15.4. The molecule has 0 amide bonds. The van der Waals surface area contributed by atoms with Crippen molar-refractivity contribution in [3.8, 4) is 11.5 Å². The molecule has 0 saturated carbocycles. The predicted octanol–water partition coefficient (Wildman–Crippen LogP) is 6.03. The van der Waals surface area contributed by atoms with E-state index in [2.05, 4.69) is 36.9 Å². The smallest absolute Gasteiger partial charge is 0.116 e. The SMILES string of the molecule is CC1(C)c2cc(O)ccc2N(c2ccc3c(c2)c2ccccc2n3N)c2ccc(O)cc21. The summed E-state index contributed by atoms with van der Waals surface area (Å²) >= 11 is 0. The number of hydrogen-bond acceptors (Lipinski definition) is 4. The number of anilines is 3. The molecule has 0 spiro atoms. The molecule has 0 fully saturated rings. The standard InChI is InChI=1S/C27H23N3O2/c1-27(2)21-14-17(31)8-11-25(21)29(26-12-9-18(32)15-22(26)27)16-7-10-24-20(13-16)19-5-3-4-6-23(19)30(24)28/h3-15,31-32H,28H2,1-2H3. The van der Waals surface area contributed by atoms with Crippen LogP contribution in [0.5, 0.6) is 11.5 Å². The van der Waals surface area contributed by atoms with Crippen LogP contribution in [0, 0.1) is 0 Å². The van der Waals surface area contributed by atoms with Crippen LogP contribution >= 0.6 is 0 Å². The van der Waals surface area contributed by atoms with Crippen LogP contribution in [0.3, 0.4) is 0 Å². The van der Waals surface area contributed by atoms with Gasteiger partial charge in [0.1, 0.15) is 11.5 Å². The van der Waals surface area contributed by atoms with Crippen LogP contribution in [0.1, 0.15) is 25.0 Å². The van der Waals surface area contributed by atoms with Gasteiger partial charge in [-0.1, -0.05) is 32.0 Å². The summed E-state index contributed by atoms with van der Waals surface area (Å²) in [5, 5.41) is 22.7. The van der Waals surface area contributed by atoms with Crippen molar-refractivity contribution >= 4 is 38.9 Å². The number of rotatable bonds is 1. The van der Waals surface area contributed by atoms with Crippen LogP contribution in [-0.2, 0) is 5.41 Å². The van der Waals surface area contributed by atoms with E-state index in [9.17, 15) is 10.2 Å². The lowest BCUT2D eigenvalue weighted by Gasteiger charge is -2.42. The molecule has 32 heavy (non-hydrogen) atoms. The highest BCUT2D eigenvalue weighted by Crippen LogP contribution is 2.53. The minimum Gasteiger partial charge on any atom is -0.508 e. The number of nitrogens with zero attached hydrogens (tertiary/aromatic N) is 2. The van der Waals surface area contributed by atoms with Gasteiger partial charge < -0.3 is 21.0 Å². The molecule has 4 aromatic carbocycles. The number of benzene rings is 4. The lowest BCUT2D eigenvalue weighted by molar-refractivity contribution is 0.469. The summed E-state index contributed by atoms with van der Waals surface area (Å²) in [7, 11) is 0. The van der Waals surface area contributed by atoms with Crippen molar-refractivity contribution in [1.29, 1.82) is 0 Å². The van der Waals surface area contributed by atoms with E-state index in [4.69, 9.17) is 5.84 Å². The number of nitrogens with two attached hydrogens (primary N) is 1. The van der Waals surface area contributed by atoms with Gasteiger partial charge in [-0.2, -0.15) is 0 Å². The molecule has 5 nitrogen and oxygen atoms in total. The van der Waals surface area contributed by atoms with Crippen molar-refractivity contribution in [3.05, 3.63) is 90.0 Å². The topological polar surface area (TPSA) is 74.7 Å². The van der Waals surface area contributed by atoms with Gasteiger partial charge in [0.25, 0.3) is 0 Å². The van der Waals surface area contributed by atoms with Crippen molar-refractivity contribution in [2.24, 2.45) is 0 Å². The van der Waals surface area contributed by atoms with Gasteiger partial charge in [-0.3, -0.25) is 4.68 Å². The van der Waals surface area contributed by atoms with Crippen molar-refractivity contribution in [3.63, 3.8) is 0 Å². The Hall–Kier alpha value is -4.12. The second-order valence-electron chi connectivity index (χ2n) is 8.95. The van der Waals surface area contributed by atoms with E-state index in [1.807, 2.05) is 48.5 Å². The molecule has 0 bridgehead atoms. The molecule has 0 unspecified atom stereocenters. The van der Waals surface area contributed by atoms with Crippen LogP contribution in [0.15, 0.2) is 78.9 Å². The molecule has 0 saturated heterocycles. The minimum absolute atomic E-state index is 0.224. The van der Waals surface area contributed by atoms with E-state index in [0.29, 0.717) is 0 Å². The average Bonchev–Trinajstić information content (AvgIpc) is 3.07. The number of hydrogen-bond donors (Lipinski definition) is 3. The fourth-order valence-corrected chi connectivity index (χ4v) is 5.12. The Bertz CT molecular complexity index is 1490. The first-order valence-corrected chi connectivity index (χ1v) is 10.6. The second-order valence-corrected chi connectivity index (χ2v) is 8.95. The van der Waals surface area contributed by atoms with Gasteiger partial charge in [0.05, 0.1) is 22.4 Å². The van der Waals surface area contributed by atoms with Crippen molar-refractivity contribution < 1.29 is 10.2 Å². The second kappa shape index (κ2) is 6.20. The highest BCUT2D eigenvalue weighted by Gasteiger charge is 2.37. The molecule has 1 aliphatic heterocycles. The molecule has 1 aliphatic rings. The zero-order chi connectivity index (χ0) is 22.2. The Balaban J connectivity index is 1.67. The van der Waals surface area contributed by atoms with Crippen LogP contribution < -0.4 is 10.7 Å². The van der Waals surface area contributed by atoms with Gasteiger partial charge in [0.2, 0.25) is 0 Å². The number of fused-ring (bicyclic) bond motifs is 5. The maximum Gasteiger partial charge on any atom is 0.116 e. The molecule has 0 radical (unpaired) electrons. The van der Waals surface area contributed by atoms with Crippen LogP contribution in [0.25, 0.3) is 21.8 Å². The number of phenolic OH excluding ortho intramolecular Hbond substituents is 2. The number of phenols is 2. The summed E-state index contributed by atoms with van der Waals surface area (Å²) in [5.74, 6) is 6.82. The van der Waals surface area contributed by atoms with Gasteiger partial charge in [0, 0.05) is 21.9 Å². The minimum atomic E-state index is -0.393. The third-order valence-corrected chi connectivity index (χ3v) is 6.74. The molecule has 5 aromatic rings. The van der Waals surface area contributed by atoms with E-state index in [0.717, 1.165) is 50.0 Å². The lowest BCUT2D eigenvalue weighted by Crippen LogP contribution is -2.30. The van der Waals surface area contributed by atoms with E-state index < -0.39 is 5.41 Å².